The molecular weight excluding hydrogens is 680 g/mol. The zero-order valence-electron chi connectivity index (χ0n) is 29.5. The molecule has 52 heavy (non-hydrogen) atoms. The minimum absolute atomic E-state index is 0.000907. The Hall–Kier alpha value is -4.76. The zero-order chi connectivity index (χ0) is 38.5. The van der Waals surface area contributed by atoms with Crippen LogP contribution in [0.5, 0.6) is 0 Å². The fourth-order valence-electron chi connectivity index (χ4n) is 7.47. The van der Waals surface area contributed by atoms with E-state index in [1.807, 2.05) is 0 Å². The van der Waals surface area contributed by atoms with Crippen molar-refractivity contribution >= 4 is 35.4 Å². The van der Waals surface area contributed by atoms with Crippen molar-refractivity contribution in [1.29, 1.82) is 0 Å². The molecule has 2 aromatic rings. The van der Waals surface area contributed by atoms with Gasteiger partial charge in [-0.25, -0.2) is 9.59 Å². The molecule has 0 spiro atoms. The predicted molar refractivity (Wildman–Crippen MR) is 178 cm³/mol. The van der Waals surface area contributed by atoms with Gasteiger partial charge in [-0.1, -0.05) is 63.7 Å². The largest absolute Gasteiger partial charge is 0.459 e. The Labute approximate surface area is 299 Å². The minimum Gasteiger partial charge on any atom is -0.459 e. The summed E-state index contributed by atoms with van der Waals surface area (Å²) in [7, 11) is 0. The summed E-state index contributed by atoms with van der Waals surface area (Å²) in [5, 5.41) is 35.8. The molecule has 2 aromatic carbocycles. The van der Waals surface area contributed by atoms with Crippen molar-refractivity contribution < 1.29 is 67.8 Å². The van der Waals surface area contributed by atoms with Crippen molar-refractivity contribution in [2.24, 2.45) is 17.3 Å². The van der Waals surface area contributed by atoms with Gasteiger partial charge in [0.15, 0.2) is 23.8 Å². The molecule has 0 aromatic heterocycles. The molecule has 0 radical (unpaired) electrons. The molecule has 0 bridgehead atoms. The van der Waals surface area contributed by atoms with Gasteiger partial charge in [0.1, 0.15) is 23.9 Å². The first-order valence-electron chi connectivity index (χ1n) is 16.7. The van der Waals surface area contributed by atoms with Crippen molar-refractivity contribution in [1.82, 2.24) is 0 Å². The second-order valence-electron chi connectivity index (χ2n) is 14.2. The molecule has 11 atom stereocenters. The first-order valence-corrected chi connectivity index (χ1v) is 16.7. The summed E-state index contributed by atoms with van der Waals surface area (Å²) in [6.07, 6.45) is -12.7. The van der Waals surface area contributed by atoms with Crippen molar-refractivity contribution in [2.75, 3.05) is 0 Å². The third-order valence-electron chi connectivity index (χ3n) is 10.2. The van der Waals surface area contributed by atoms with Crippen molar-refractivity contribution in [3.05, 3.63) is 83.9 Å². The van der Waals surface area contributed by atoms with E-state index in [0.717, 1.165) is 20.8 Å². The lowest BCUT2D eigenvalue weighted by molar-refractivity contribution is -0.196. The fraction of sp³-hybridized carbons (Fsp3) is 0.474. The van der Waals surface area contributed by atoms with Gasteiger partial charge in [-0.05, 0) is 31.2 Å². The maximum Gasteiger partial charge on any atom is 0.338 e. The van der Waals surface area contributed by atoms with Gasteiger partial charge in [0.2, 0.25) is 5.60 Å². The number of Topliss-reactive ketones (excluding diaryl/α,β-unsaturated/α-hetero) is 2. The molecule has 1 saturated heterocycles. The van der Waals surface area contributed by atoms with Gasteiger partial charge < -0.3 is 39.0 Å². The molecule has 3 N–H and O–H groups in total. The van der Waals surface area contributed by atoms with Crippen LogP contribution >= 0.6 is 0 Å². The maximum atomic E-state index is 14.9. The summed E-state index contributed by atoms with van der Waals surface area (Å²) in [4.78, 5) is 82.1. The molecule has 5 rings (SSSR count). The number of fused-ring (bicyclic) bond motifs is 2. The Kier molecular flexibility index (Phi) is 10.4. The van der Waals surface area contributed by atoms with Crippen LogP contribution in [0.2, 0.25) is 0 Å². The van der Waals surface area contributed by atoms with Crippen LogP contribution in [0.4, 0.5) is 0 Å². The molecule has 278 valence electrons. The first-order chi connectivity index (χ1) is 24.3. The lowest BCUT2D eigenvalue weighted by atomic mass is 9.70. The predicted octanol–water partition coefficient (Wildman–Crippen LogP) is 1.91. The molecule has 3 fully saturated rings. The smallest absolute Gasteiger partial charge is 0.338 e. The summed E-state index contributed by atoms with van der Waals surface area (Å²) in [6.45, 7) is 11.3. The summed E-state index contributed by atoms with van der Waals surface area (Å²) in [6, 6.07) is 15.0. The van der Waals surface area contributed by atoms with Gasteiger partial charge in [0, 0.05) is 25.3 Å². The van der Waals surface area contributed by atoms with E-state index in [1.54, 1.807) is 12.1 Å². The number of hydrogen-bond acceptors (Lipinski definition) is 14. The normalized spacial score (nSPS) is 35.5. The van der Waals surface area contributed by atoms with E-state index in [9.17, 15) is 44.1 Å². The number of carbonyl (C=O) groups excluding carboxylic acids is 6. The number of hydrogen-bond donors (Lipinski definition) is 3. The van der Waals surface area contributed by atoms with Crippen LogP contribution in [0.3, 0.4) is 0 Å². The minimum atomic E-state index is -2.86. The van der Waals surface area contributed by atoms with E-state index < -0.39 is 112 Å². The van der Waals surface area contributed by atoms with Crippen LogP contribution in [0, 0.1) is 17.3 Å². The second kappa shape index (κ2) is 14.0. The van der Waals surface area contributed by atoms with Gasteiger partial charge in [-0.2, -0.15) is 0 Å². The van der Waals surface area contributed by atoms with Crippen LogP contribution in [0.25, 0.3) is 0 Å². The first kappa shape index (κ1) is 38.5. The number of ketones is 2. The lowest BCUT2D eigenvalue weighted by Crippen LogP contribution is -2.63. The summed E-state index contributed by atoms with van der Waals surface area (Å²) in [5.74, 6) is -9.48. The fourth-order valence-corrected chi connectivity index (χ4v) is 7.47. The van der Waals surface area contributed by atoms with Gasteiger partial charge in [0.05, 0.1) is 34.7 Å². The van der Waals surface area contributed by atoms with E-state index >= 15 is 0 Å². The van der Waals surface area contributed by atoms with E-state index in [2.05, 4.69) is 6.58 Å². The molecule has 3 aliphatic rings. The standard InChI is InChI=1S/C38H42O14/c1-18-26(50-33(44)22-14-10-8-11-15-22)24-31(48-20(3)39)37(7,47)35(46)38(24,52-21(4)40)29(42)19(2)28-32(49-28)36(5,6)30(43)25(41)27(18)51-34(45)23-16-12-9-13-17-23/h8-17,19,24-28,31-32,35,41,46-47H,1H2,2-7H3/t19-,24-,25-,26+,27+,28+,31-,32+,35+,37+,38-/m1/s1. The van der Waals surface area contributed by atoms with Gasteiger partial charge >= 0.3 is 23.9 Å². The highest BCUT2D eigenvalue weighted by Crippen LogP contribution is 2.55. The molecule has 1 heterocycles. The average molecular weight is 723 g/mol. The molecular formula is C38H42O14. The molecule has 0 unspecified atom stereocenters. The number of aliphatic hydroxyl groups excluding tert-OH is 2. The van der Waals surface area contributed by atoms with E-state index in [1.165, 1.54) is 69.3 Å². The third kappa shape index (κ3) is 6.55. The SMILES string of the molecule is C=C1[C@H](OC(=O)c2ccccc2)[C@@H]2[C@@H](OC(C)=O)[C@](C)(O)[C@H](O)[C@]2(OC(C)=O)C(=O)[C@H](C)[C@@H]2O[C@@H]2C(C)(C)C(=O)[C@H](O)[C@H]1OC(=O)c1ccccc1. The monoisotopic (exact) mass is 722 g/mol. The van der Waals surface area contributed by atoms with Gasteiger partial charge in [0.25, 0.3) is 0 Å². The highest BCUT2D eigenvalue weighted by atomic mass is 16.6. The Bertz CT molecular complexity index is 1770. The molecule has 14 nitrogen and oxygen atoms in total. The highest BCUT2D eigenvalue weighted by Gasteiger charge is 2.77. The Morgan fingerprint density at radius 3 is 1.75 bits per heavy atom. The van der Waals surface area contributed by atoms with Gasteiger partial charge in [-0.3, -0.25) is 19.2 Å². The van der Waals surface area contributed by atoms with Crippen LogP contribution in [0.1, 0.15) is 62.3 Å². The van der Waals surface area contributed by atoms with Crippen molar-refractivity contribution in [3.63, 3.8) is 0 Å². The van der Waals surface area contributed by atoms with Crippen molar-refractivity contribution in [3.8, 4) is 0 Å². The molecule has 1 aliphatic heterocycles. The summed E-state index contributed by atoms with van der Waals surface area (Å²) >= 11 is 0. The number of esters is 4. The van der Waals surface area contributed by atoms with Crippen LogP contribution in [0.15, 0.2) is 72.8 Å². The third-order valence-corrected chi connectivity index (χ3v) is 10.2. The van der Waals surface area contributed by atoms with Crippen LogP contribution in [-0.4, -0.2) is 105 Å². The zero-order valence-corrected chi connectivity index (χ0v) is 29.5. The molecule has 2 aliphatic carbocycles. The summed E-state index contributed by atoms with van der Waals surface area (Å²) < 4.78 is 28.9. The summed E-state index contributed by atoms with van der Waals surface area (Å²) in [5.41, 5.74) is -7.57. The highest BCUT2D eigenvalue weighted by molar-refractivity contribution is 5.96. The number of rotatable bonds is 6. The van der Waals surface area contributed by atoms with Crippen LogP contribution < -0.4 is 0 Å². The topological polar surface area (TPSA) is 213 Å². The molecule has 14 heteroatoms. The van der Waals surface area contributed by atoms with E-state index in [-0.39, 0.29) is 11.1 Å². The van der Waals surface area contributed by atoms with Crippen molar-refractivity contribution in [2.45, 2.75) is 95.5 Å². The second-order valence-corrected chi connectivity index (χ2v) is 14.2. The van der Waals surface area contributed by atoms with E-state index in [4.69, 9.17) is 23.7 Å². The quantitative estimate of drug-likeness (QED) is 0.168. The number of aliphatic hydroxyl groups is 3. The van der Waals surface area contributed by atoms with Gasteiger partial charge in [-0.15, -0.1) is 0 Å². The Balaban J connectivity index is 1.82. The number of carbonyl (C=O) groups is 6. The average Bonchev–Trinajstić information content (AvgIpc) is 3.90. The number of benzene rings is 2. The molecule has 0 amide bonds. The van der Waals surface area contributed by atoms with Crippen LogP contribution in [-0.2, 0) is 42.9 Å². The number of epoxide rings is 1. The molecule has 2 saturated carbocycles. The van der Waals surface area contributed by atoms with E-state index in [0.29, 0.717) is 0 Å². The lowest BCUT2D eigenvalue weighted by Gasteiger charge is -2.43. The number of ether oxygens (including phenoxy) is 5. The Morgan fingerprint density at radius 2 is 1.27 bits per heavy atom. The maximum absolute atomic E-state index is 14.9. The Morgan fingerprint density at radius 1 is 0.769 bits per heavy atom.